The molecule has 120 valence electrons. The van der Waals surface area contributed by atoms with E-state index in [0.29, 0.717) is 29.4 Å². The molecule has 0 fully saturated rings. The van der Waals surface area contributed by atoms with Crippen LogP contribution in [0.3, 0.4) is 0 Å². The molecule has 0 atom stereocenters. The van der Waals surface area contributed by atoms with Gasteiger partial charge in [0.15, 0.2) is 0 Å². The van der Waals surface area contributed by atoms with Gasteiger partial charge >= 0.3 is 0 Å². The number of carbonyl (C=O) groups excluding carboxylic acids is 2. The van der Waals surface area contributed by atoms with Gasteiger partial charge in [-0.2, -0.15) is 0 Å². The molecule has 2 aromatic rings. The maximum absolute atomic E-state index is 11.8. The molecule has 1 heterocycles. The zero-order chi connectivity index (χ0) is 16.7. The number of hydrogen-bond acceptors (Lipinski definition) is 3. The Morgan fingerprint density at radius 1 is 1.09 bits per heavy atom. The van der Waals surface area contributed by atoms with Gasteiger partial charge in [0.05, 0.1) is 0 Å². The summed E-state index contributed by atoms with van der Waals surface area (Å²) in [6, 6.07) is 10.2. The molecule has 1 aromatic heterocycles. The molecule has 0 saturated carbocycles. The van der Waals surface area contributed by atoms with Crippen LogP contribution in [-0.4, -0.2) is 24.9 Å². The van der Waals surface area contributed by atoms with Gasteiger partial charge in [-0.1, -0.05) is 11.6 Å². The molecule has 0 unspecified atom stereocenters. The minimum atomic E-state index is -0.250. The van der Waals surface area contributed by atoms with Crippen molar-refractivity contribution in [3.63, 3.8) is 0 Å². The zero-order valence-electron chi connectivity index (χ0n) is 12.6. The first-order valence-electron chi connectivity index (χ1n) is 7.11. The highest BCUT2D eigenvalue weighted by Crippen LogP contribution is 2.09. The van der Waals surface area contributed by atoms with Crippen molar-refractivity contribution in [2.45, 2.75) is 6.92 Å². The Morgan fingerprint density at radius 2 is 1.78 bits per heavy atom. The van der Waals surface area contributed by atoms with Gasteiger partial charge in [0.1, 0.15) is 11.5 Å². The Bertz CT molecular complexity index is 705. The maximum Gasteiger partial charge on any atom is 0.251 e. The van der Waals surface area contributed by atoms with Crippen LogP contribution in [-0.2, 0) is 4.79 Å². The smallest absolute Gasteiger partial charge is 0.251 e. The van der Waals surface area contributed by atoms with Gasteiger partial charge in [-0.3, -0.25) is 9.59 Å². The van der Waals surface area contributed by atoms with E-state index in [1.54, 1.807) is 36.4 Å². The first-order chi connectivity index (χ1) is 11.0. The normalized spacial score (nSPS) is 10.7. The average Bonchev–Trinajstić information content (AvgIpc) is 2.95. The Labute approximate surface area is 139 Å². The summed E-state index contributed by atoms with van der Waals surface area (Å²) in [4.78, 5) is 23.4. The molecular formula is C17H17ClN2O3. The molecule has 0 aliphatic heterocycles. The highest BCUT2D eigenvalue weighted by molar-refractivity contribution is 6.30. The lowest BCUT2D eigenvalue weighted by molar-refractivity contribution is -0.116. The zero-order valence-corrected chi connectivity index (χ0v) is 13.4. The number of amides is 2. The fourth-order valence-electron chi connectivity index (χ4n) is 1.82. The van der Waals surface area contributed by atoms with E-state index in [-0.39, 0.29) is 11.8 Å². The number of rotatable bonds is 6. The highest BCUT2D eigenvalue weighted by Gasteiger charge is 2.04. The lowest BCUT2D eigenvalue weighted by Crippen LogP contribution is -2.33. The van der Waals surface area contributed by atoms with E-state index < -0.39 is 0 Å². The Hall–Kier alpha value is -2.53. The summed E-state index contributed by atoms with van der Waals surface area (Å²) in [6.07, 6.45) is 2.98. The summed E-state index contributed by atoms with van der Waals surface area (Å²) in [5.41, 5.74) is 0.522. The van der Waals surface area contributed by atoms with E-state index in [1.165, 1.54) is 6.08 Å². The lowest BCUT2D eigenvalue weighted by atomic mass is 10.2. The Kier molecular flexibility index (Phi) is 6.00. The van der Waals surface area contributed by atoms with Crippen LogP contribution in [0.25, 0.3) is 6.08 Å². The fraction of sp³-hybridized carbons (Fsp3) is 0.176. The standard InChI is InChI=1S/C17H17ClN2O3/c1-12-2-7-15(23-12)8-9-16(21)19-10-11-20-17(22)13-3-5-14(18)6-4-13/h2-9H,10-11H2,1H3,(H,19,21)(H,20,22)/b9-8+. The van der Waals surface area contributed by atoms with Crippen LogP contribution in [0.5, 0.6) is 0 Å². The van der Waals surface area contributed by atoms with Crippen molar-refractivity contribution in [2.24, 2.45) is 0 Å². The van der Waals surface area contributed by atoms with Gasteiger partial charge in [-0.25, -0.2) is 0 Å². The molecule has 2 rings (SSSR count). The molecule has 2 N–H and O–H groups in total. The second kappa shape index (κ2) is 8.19. The van der Waals surface area contributed by atoms with Crippen LogP contribution in [0, 0.1) is 6.92 Å². The van der Waals surface area contributed by atoms with Crippen LogP contribution in [0.15, 0.2) is 46.9 Å². The second-order valence-electron chi connectivity index (χ2n) is 4.84. The first-order valence-corrected chi connectivity index (χ1v) is 7.48. The third-order valence-electron chi connectivity index (χ3n) is 2.98. The van der Waals surface area contributed by atoms with E-state index in [4.69, 9.17) is 16.0 Å². The van der Waals surface area contributed by atoms with Crippen LogP contribution >= 0.6 is 11.6 Å². The van der Waals surface area contributed by atoms with Crippen LogP contribution in [0.4, 0.5) is 0 Å². The summed E-state index contributed by atoms with van der Waals surface area (Å²) in [5, 5.41) is 5.96. The highest BCUT2D eigenvalue weighted by atomic mass is 35.5. The molecule has 0 aliphatic carbocycles. The van der Waals surface area contributed by atoms with Crippen molar-refractivity contribution in [3.8, 4) is 0 Å². The molecule has 0 radical (unpaired) electrons. The topological polar surface area (TPSA) is 71.3 Å². The Morgan fingerprint density at radius 3 is 2.43 bits per heavy atom. The number of benzene rings is 1. The number of nitrogens with one attached hydrogen (secondary N) is 2. The fourth-order valence-corrected chi connectivity index (χ4v) is 1.95. The largest absolute Gasteiger partial charge is 0.462 e. The predicted molar refractivity (Wildman–Crippen MR) is 89.3 cm³/mol. The molecule has 23 heavy (non-hydrogen) atoms. The number of halogens is 1. The van der Waals surface area contributed by atoms with Crippen molar-refractivity contribution < 1.29 is 14.0 Å². The third-order valence-corrected chi connectivity index (χ3v) is 3.23. The second-order valence-corrected chi connectivity index (χ2v) is 5.27. The van der Waals surface area contributed by atoms with E-state index in [0.717, 1.165) is 5.76 Å². The quantitative estimate of drug-likeness (QED) is 0.631. The Balaban J connectivity index is 1.68. The number of carbonyl (C=O) groups is 2. The summed E-state index contributed by atoms with van der Waals surface area (Å²) in [6.45, 7) is 2.50. The van der Waals surface area contributed by atoms with Crippen LogP contribution in [0.1, 0.15) is 21.9 Å². The van der Waals surface area contributed by atoms with Gasteiger partial charge in [-0.05, 0) is 49.4 Å². The molecule has 6 heteroatoms. The summed E-state index contributed by atoms with van der Waals surface area (Å²) < 4.78 is 5.32. The number of aryl methyl sites for hydroxylation is 1. The van der Waals surface area contributed by atoms with Gasteiger partial charge < -0.3 is 15.1 Å². The van der Waals surface area contributed by atoms with Crippen molar-refractivity contribution in [1.29, 1.82) is 0 Å². The van der Waals surface area contributed by atoms with E-state index >= 15 is 0 Å². The van der Waals surface area contributed by atoms with Crippen molar-refractivity contribution >= 4 is 29.5 Å². The van der Waals surface area contributed by atoms with Crippen molar-refractivity contribution in [1.82, 2.24) is 10.6 Å². The molecule has 5 nitrogen and oxygen atoms in total. The van der Waals surface area contributed by atoms with Crippen LogP contribution in [0.2, 0.25) is 5.02 Å². The number of hydrogen-bond donors (Lipinski definition) is 2. The van der Waals surface area contributed by atoms with Gasteiger partial charge in [0.2, 0.25) is 5.91 Å². The van der Waals surface area contributed by atoms with Crippen molar-refractivity contribution in [2.75, 3.05) is 13.1 Å². The monoisotopic (exact) mass is 332 g/mol. The van der Waals surface area contributed by atoms with Crippen LogP contribution < -0.4 is 10.6 Å². The van der Waals surface area contributed by atoms with E-state index in [9.17, 15) is 9.59 Å². The number of furan rings is 1. The predicted octanol–water partition coefficient (Wildman–Crippen LogP) is 2.80. The van der Waals surface area contributed by atoms with E-state index in [1.807, 2.05) is 13.0 Å². The minimum Gasteiger partial charge on any atom is -0.462 e. The van der Waals surface area contributed by atoms with Gasteiger partial charge in [-0.15, -0.1) is 0 Å². The lowest BCUT2D eigenvalue weighted by Gasteiger charge is -2.05. The SMILES string of the molecule is Cc1ccc(/C=C/C(=O)NCCNC(=O)c2ccc(Cl)cc2)o1. The summed E-state index contributed by atoms with van der Waals surface area (Å²) in [5.74, 6) is 0.945. The molecule has 0 bridgehead atoms. The van der Waals surface area contributed by atoms with Crippen molar-refractivity contribution in [3.05, 3.63) is 64.6 Å². The summed E-state index contributed by atoms with van der Waals surface area (Å²) in [7, 11) is 0. The third kappa shape index (κ3) is 5.64. The van der Waals surface area contributed by atoms with E-state index in [2.05, 4.69) is 10.6 Å². The average molecular weight is 333 g/mol. The molecular weight excluding hydrogens is 316 g/mol. The maximum atomic E-state index is 11.8. The molecule has 0 saturated heterocycles. The minimum absolute atomic E-state index is 0.211. The van der Waals surface area contributed by atoms with Gasteiger partial charge in [0, 0.05) is 29.8 Å². The van der Waals surface area contributed by atoms with Gasteiger partial charge in [0.25, 0.3) is 5.91 Å². The molecule has 0 spiro atoms. The molecule has 0 aliphatic rings. The first kappa shape index (κ1) is 16.8. The molecule has 2 amide bonds. The molecule has 1 aromatic carbocycles. The summed E-state index contributed by atoms with van der Waals surface area (Å²) >= 11 is 5.76.